The van der Waals surface area contributed by atoms with Crippen molar-refractivity contribution in [3.05, 3.63) is 85.2 Å². The molecule has 0 atom stereocenters. The Labute approximate surface area is 229 Å². The number of rotatable bonds is 2. The molecular formula is C30H23N5O4S. The Kier molecular flexibility index (Phi) is 5.07. The molecule has 1 aliphatic heterocycles. The Morgan fingerprint density at radius 1 is 0.650 bits per heavy atom. The van der Waals surface area contributed by atoms with Gasteiger partial charge >= 0.3 is 10.6 Å². The average molecular weight is 550 g/mol. The van der Waals surface area contributed by atoms with E-state index in [9.17, 15) is 19.8 Å². The monoisotopic (exact) mass is 549 g/mol. The topological polar surface area (TPSA) is 122 Å². The third-order valence-corrected chi connectivity index (χ3v) is 10.6. The highest BCUT2D eigenvalue weighted by Gasteiger charge is 2.49. The minimum absolute atomic E-state index is 0.253. The van der Waals surface area contributed by atoms with E-state index in [-0.39, 0.29) is 9.79 Å². The predicted octanol–water partition coefficient (Wildman–Crippen LogP) is 7.43. The van der Waals surface area contributed by atoms with Crippen molar-refractivity contribution in [1.82, 2.24) is 19.6 Å². The van der Waals surface area contributed by atoms with Crippen molar-refractivity contribution in [3.8, 4) is 22.3 Å². The molecule has 3 heterocycles. The van der Waals surface area contributed by atoms with E-state index >= 15 is 0 Å². The molecule has 0 bridgehead atoms. The van der Waals surface area contributed by atoms with Crippen LogP contribution in [0.1, 0.15) is 0 Å². The van der Waals surface area contributed by atoms with Gasteiger partial charge < -0.3 is 15.5 Å². The lowest BCUT2D eigenvalue weighted by molar-refractivity contribution is 0.215. The van der Waals surface area contributed by atoms with Crippen molar-refractivity contribution >= 4 is 53.8 Å². The lowest BCUT2D eigenvalue weighted by atomic mass is 10.0. The number of nitrogens with zero attached hydrogens (tertiary/aromatic N) is 4. The molecule has 7 rings (SSSR count). The molecule has 1 aliphatic rings. The number of aromatic nitrogens is 4. The third-order valence-electron chi connectivity index (χ3n) is 7.58. The molecule has 10 heteroatoms. The van der Waals surface area contributed by atoms with Gasteiger partial charge in [0.2, 0.25) is 0 Å². The van der Waals surface area contributed by atoms with E-state index in [4.69, 9.17) is 0 Å². The number of benzene rings is 4. The second-order valence-electron chi connectivity index (χ2n) is 9.77. The van der Waals surface area contributed by atoms with E-state index in [2.05, 4.69) is 15.5 Å². The zero-order valence-electron chi connectivity index (χ0n) is 21.5. The quantitative estimate of drug-likeness (QED) is 0.205. The Bertz CT molecular complexity index is 1900. The number of carbonyl (C=O) groups is 2. The van der Waals surface area contributed by atoms with Gasteiger partial charge in [0.05, 0.1) is 34.8 Å². The van der Waals surface area contributed by atoms with Gasteiger partial charge in [-0.05, 0) is 70.8 Å². The molecule has 9 nitrogen and oxygen atoms in total. The number of hydrogen-bond acceptors (Lipinski definition) is 5. The summed E-state index contributed by atoms with van der Waals surface area (Å²) in [7, 11) is 0.182. The first kappa shape index (κ1) is 24.0. The maximum Gasteiger partial charge on any atom is 0.365 e. The summed E-state index contributed by atoms with van der Waals surface area (Å²) in [4.78, 5) is 26.7. The number of carboxylic acid groups (broad SMARTS) is 2. The van der Waals surface area contributed by atoms with Crippen LogP contribution in [0.3, 0.4) is 0 Å². The summed E-state index contributed by atoms with van der Waals surface area (Å²) >= 11 is 0. The summed E-state index contributed by atoms with van der Waals surface area (Å²) in [6.07, 6.45) is 3.53. The highest BCUT2D eigenvalue weighted by Crippen LogP contribution is 2.70. The van der Waals surface area contributed by atoms with Gasteiger partial charge in [-0.2, -0.15) is 10.2 Å². The van der Waals surface area contributed by atoms with E-state index in [1.165, 1.54) is 0 Å². The summed E-state index contributed by atoms with van der Waals surface area (Å²) in [5.41, 5.74) is 6.02. The molecule has 0 saturated heterocycles. The second kappa shape index (κ2) is 8.45. The van der Waals surface area contributed by atoms with Crippen LogP contribution in [-0.2, 0) is 14.1 Å². The van der Waals surface area contributed by atoms with Crippen LogP contribution < -0.4 is 5.32 Å². The Hall–Kier alpha value is -5.09. The van der Waals surface area contributed by atoms with Crippen LogP contribution in [-0.4, -0.2) is 40.4 Å². The van der Waals surface area contributed by atoms with E-state index in [0.717, 1.165) is 44.1 Å². The largest absolute Gasteiger partial charge is 0.473 e. The normalized spacial score (nSPS) is 14.3. The number of nitrogens with one attached hydrogen (secondary N) is 1. The molecular weight excluding hydrogens is 526 g/mol. The van der Waals surface area contributed by atoms with Crippen LogP contribution in [0.4, 0.5) is 21.0 Å². The first-order valence-electron chi connectivity index (χ1n) is 12.5. The highest BCUT2D eigenvalue weighted by atomic mass is 32.3. The minimum atomic E-state index is -3.55. The van der Waals surface area contributed by atoms with Crippen molar-refractivity contribution in [3.63, 3.8) is 0 Å². The van der Waals surface area contributed by atoms with Crippen LogP contribution >= 0.6 is 10.0 Å². The fraction of sp³-hybridized carbons (Fsp3) is 0.0667. The highest BCUT2D eigenvalue weighted by molar-refractivity contribution is 8.55. The molecule has 0 amide bonds. The smallest absolute Gasteiger partial charge is 0.365 e. The Morgan fingerprint density at radius 3 is 1.48 bits per heavy atom. The van der Waals surface area contributed by atoms with E-state index < -0.39 is 20.6 Å². The second-order valence-corrected chi connectivity index (χ2v) is 12.6. The van der Waals surface area contributed by atoms with Crippen LogP contribution in [0.2, 0.25) is 0 Å². The van der Waals surface area contributed by atoms with Gasteiger partial charge in [0.25, 0.3) is 0 Å². The third kappa shape index (κ3) is 3.29. The molecule has 4 aromatic carbocycles. The predicted molar refractivity (Wildman–Crippen MR) is 156 cm³/mol. The van der Waals surface area contributed by atoms with Crippen LogP contribution in [0, 0.1) is 0 Å². The standard InChI is InChI=1S/C30H23N5O4S/c1-34-25-9-5-17(11-21(25)15-31-34)19-3-7-23-27(13-19)40(29(36)37,30(38)39)28-14-20(4-8-24(28)33-23)18-6-10-26-22(12-18)16-32-35(26)2/h3-16,33H,1-2H3,(H,36,37)(H,38,39). The number of hydrogen-bond donors (Lipinski definition) is 3. The maximum absolute atomic E-state index is 13.1. The fourth-order valence-corrected chi connectivity index (χ4v) is 8.16. The summed E-state index contributed by atoms with van der Waals surface area (Å²) in [6.45, 7) is 0. The summed E-state index contributed by atoms with van der Waals surface area (Å²) < 4.78 is 3.56. The van der Waals surface area contributed by atoms with Gasteiger partial charge in [-0.25, -0.2) is 9.59 Å². The Balaban J connectivity index is 1.42. The van der Waals surface area contributed by atoms with Gasteiger partial charge in [0.1, 0.15) is 0 Å². The van der Waals surface area contributed by atoms with Crippen LogP contribution in [0.5, 0.6) is 0 Å². The number of aryl methyl sites for hydroxylation is 2. The first-order chi connectivity index (χ1) is 19.3. The van der Waals surface area contributed by atoms with Crippen molar-refractivity contribution in [2.75, 3.05) is 5.32 Å². The summed E-state index contributed by atoms with van der Waals surface area (Å²) in [6, 6.07) is 22.4. The molecule has 40 heavy (non-hydrogen) atoms. The van der Waals surface area contributed by atoms with Crippen molar-refractivity contribution < 1.29 is 19.8 Å². The van der Waals surface area contributed by atoms with E-state index in [0.29, 0.717) is 11.4 Å². The first-order valence-corrected chi connectivity index (χ1v) is 14.1. The fourth-order valence-electron chi connectivity index (χ4n) is 5.52. The van der Waals surface area contributed by atoms with E-state index in [1.54, 1.807) is 46.0 Å². The molecule has 0 saturated carbocycles. The van der Waals surface area contributed by atoms with E-state index in [1.807, 2.05) is 62.6 Å². The van der Waals surface area contributed by atoms with Gasteiger partial charge in [0, 0.05) is 44.7 Å². The lowest BCUT2D eigenvalue weighted by Crippen LogP contribution is -2.24. The van der Waals surface area contributed by atoms with Crippen LogP contribution in [0.15, 0.2) is 95.0 Å². The van der Waals surface area contributed by atoms with Crippen molar-refractivity contribution in [2.24, 2.45) is 14.1 Å². The molecule has 0 fully saturated rings. The maximum atomic E-state index is 13.1. The summed E-state index contributed by atoms with van der Waals surface area (Å²) in [5.74, 6) is 0. The van der Waals surface area contributed by atoms with Gasteiger partial charge in [-0.1, -0.05) is 24.3 Å². The number of anilines is 2. The molecule has 0 unspecified atom stereocenters. The Morgan fingerprint density at radius 2 is 1.05 bits per heavy atom. The lowest BCUT2D eigenvalue weighted by Gasteiger charge is -2.38. The number of fused-ring (bicyclic) bond motifs is 4. The average Bonchev–Trinajstić information content (AvgIpc) is 3.52. The zero-order chi connectivity index (χ0) is 27.8. The van der Waals surface area contributed by atoms with Crippen molar-refractivity contribution in [2.45, 2.75) is 9.79 Å². The molecule has 6 aromatic rings. The molecule has 0 spiro atoms. The van der Waals surface area contributed by atoms with Crippen LogP contribution in [0.25, 0.3) is 44.1 Å². The summed E-state index contributed by atoms with van der Waals surface area (Å²) in [5, 5.41) is 32.4. The van der Waals surface area contributed by atoms with Crippen molar-refractivity contribution in [1.29, 1.82) is 0 Å². The van der Waals surface area contributed by atoms with Gasteiger partial charge in [0.15, 0.2) is 0 Å². The molecule has 2 aromatic heterocycles. The zero-order valence-corrected chi connectivity index (χ0v) is 22.3. The molecule has 198 valence electrons. The molecule has 3 N–H and O–H groups in total. The molecule has 0 aliphatic carbocycles. The minimum Gasteiger partial charge on any atom is -0.473 e. The van der Waals surface area contributed by atoms with Gasteiger partial charge in [-0.3, -0.25) is 9.36 Å². The van der Waals surface area contributed by atoms with Gasteiger partial charge in [-0.15, -0.1) is 0 Å². The molecule has 0 radical (unpaired) electrons. The SMILES string of the molecule is Cn1ncc2cc(-c3ccc4c(c3)S(C(=O)O)(C(=O)O)c3cc(-c5ccc6c(cnn6C)c5)ccc3N4)ccc21.